The summed E-state index contributed by atoms with van der Waals surface area (Å²) in [6.07, 6.45) is 6.28. The minimum Gasteiger partial charge on any atom is -0.493 e. The van der Waals surface area contributed by atoms with Crippen molar-refractivity contribution in [2.75, 3.05) is 20.3 Å². The molecule has 0 fully saturated rings. The van der Waals surface area contributed by atoms with Crippen LogP contribution in [0.1, 0.15) is 32.8 Å². The van der Waals surface area contributed by atoms with Crippen LogP contribution < -0.4 is 20.1 Å². The van der Waals surface area contributed by atoms with Gasteiger partial charge in [0, 0.05) is 12.6 Å². The lowest BCUT2D eigenvalue weighted by molar-refractivity contribution is 0.330. The molecule has 5 nitrogen and oxygen atoms in total. The number of terminal acetylenes is 1. The fourth-order valence-corrected chi connectivity index (χ4v) is 1.88. The first-order valence-electron chi connectivity index (χ1n) is 7.92. The average Bonchev–Trinajstić information content (AvgIpc) is 2.57. The molecule has 0 aromatic heterocycles. The first kappa shape index (κ1) is 18.7. The topological polar surface area (TPSA) is 54.9 Å². The number of ether oxygens (including phenoxy) is 2. The molecule has 1 atom stereocenters. The maximum Gasteiger partial charge on any atom is 0.191 e. The van der Waals surface area contributed by atoms with Crippen molar-refractivity contribution in [1.29, 1.82) is 0 Å². The number of hydrogen-bond acceptors (Lipinski definition) is 3. The molecule has 0 aliphatic heterocycles. The van der Waals surface area contributed by atoms with Gasteiger partial charge in [0.05, 0.1) is 13.7 Å². The molecule has 0 amide bonds. The predicted octanol–water partition coefficient (Wildman–Crippen LogP) is 2.56. The third kappa shape index (κ3) is 6.52. The van der Waals surface area contributed by atoms with Crippen molar-refractivity contribution in [3.8, 4) is 23.8 Å². The van der Waals surface area contributed by atoms with Crippen molar-refractivity contribution >= 4 is 5.96 Å². The van der Waals surface area contributed by atoms with Gasteiger partial charge >= 0.3 is 0 Å². The summed E-state index contributed by atoms with van der Waals surface area (Å²) in [7, 11) is 1.61. The standard InChI is InChI=1S/C18H27N3O2/c1-6-11-23-17-12-15(9-10-16(17)22-5)13-20-18(19-8-3)21-14(4)7-2/h1,9-10,12,14H,7-8,11,13H2,2-5H3,(H2,19,20,21). The summed E-state index contributed by atoms with van der Waals surface area (Å²) in [5.74, 6) is 4.57. The Bertz CT molecular complexity index is 550. The lowest BCUT2D eigenvalue weighted by atomic mass is 10.2. The molecule has 0 saturated carbocycles. The monoisotopic (exact) mass is 317 g/mol. The minimum absolute atomic E-state index is 0.210. The van der Waals surface area contributed by atoms with Crippen LogP contribution in [-0.2, 0) is 6.54 Å². The highest BCUT2D eigenvalue weighted by molar-refractivity contribution is 5.80. The predicted molar refractivity (Wildman–Crippen MR) is 95.0 cm³/mol. The molecular weight excluding hydrogens is 290 g/mol. The Kier molecular flexibility index (Phi) is 8.45. The van der Waals surface area contributed by atoms with E-state index in [4.69, 9.17) is 15.9 Å². The molecule has 0 heterocycles. The van der Waals surface area contributed by atoms with Gasteiger partial charge in [0.2, 0.25) is 0 Å². The Morgan fingerprint density at radius 3 is 2.74 bits per heavy atom. The summed E-state index contributed by atoms with van der Waals surface area (Å²) in [6.45, 7) is 7.89. The molecular formula is C18H27N3O2. The van der Waals surface area contributed by atoms with Gasteiger partial charge in [0.15, 0.2) is 17.5 Å². The number of guanidine groups is 1. The van der Waals surface area contributed by atoms with E-state index < -0.39 is 0 Å². The molecule has 126 valence electrons. The zero-order valence-corrected chi connectivity index (χ0v) is 14.5. The Morgan fingerprint density at radius 1 is 1.35 bits per heavy atom. The summed E-state index contributed by atoms with van der Waals surface area (Å²) in [6, 6.07) is 6.12. The first-order chi connectivity index (χ1) is 11.1. The highest BCUT2D eigenvalue weighted by Crippen LogP contribution is 2.28. The van der Waals surface area contributed by atoms with E-state index in [1.54, 1.807) is 7.11 Å². The van der Waals surface area contributed by atoms with Gasteiger partial charge in [0.25, 0.3) is 0 Å². The van der Waals surface area contributed by atoms with Crippen molar-refractivity contribution in [2.24, 2.45) is 4.99 Å². The summed E-state index contributed by atoms with van der Waals surface area (Å²) in [5, 5.41) is 6.61. The first-order valence-corrected chi connectivity index (χ1v) is 7.92. The van der Waals surface area contributed by atoms with Crippen LogP contribution in [-0.4, -0.2) is 32.3 Å². The molecule has 0 spiro atoms. The fourth-order valence-electron chi connectivity index (χ4n) is 1.88. The second kappa shape index (κ2) is 10.4. The van der Waals surface area contributed by atoms with E-state index in [1.165, 1.54) is 0 Å². The van der Waals surface area contributed by atoms with Crippen molar-refractivity contribution in [3.05, 3.63) is 23.8 Å². The zero-order valence-electron chi connectivity index (χ0n) is 14.5. The number of aliphatic imine (C=N–C) groups is 1. The van der Waals surface area contributed by atoms with Crippen LogP contribution in [0.3, 0.4) is 0 Å². The Labute approximate surface area is 139 Å². The normalized spacial score (nSPS) is 12.2. The second-order valence-corrected chi connectivity index (χ2v) is 5.13. The number of rotatable bonds is 8. The van der Waals surface area contributed by atoms with Gasteiger partial charge in [0.1, 0.15) is 6.61 Å². The molecule has 0 saturated heterocycles. The smallest absolute Gasteiger partial charge is 0.191 e. The van der Waals surface area contributed by atoms with Crippen LogP contribution in [0.5, 0.6) is 11.5 Å². The van der Waals surface area contributed by atoms with Gasteiger partial charge in [-0.2, -0.15) is 0 Å². The van der Waals surface area contributed by atoms with E-state index in [2.05, 4.69) is 35.4 Å². The maximum atomic E-state index is 5.51. The molecule has 5 heteroatoms. The van der Waals surface area contributed by atoms with Crippen LogP contribution in [0.2, 0.25) is 0 Å². The Hall–Kier alpha value is -2.35. The van der Waals surface area contributed by atoms with Crippen molar-refractivity contribution < 1.29 is 9.47 Å². The third-order valence-electron chi connectivity index (χ3n) is 3.30. The molecule has 0 aliphatic rings. The molecule has 1 unspecified atom stereocenters. The average molecular weight is 317 g/mol. The lowest BCUT2D eigenvalue weighted by Crippen LogP contribution is -2.41. The van der Waals surface area contributed by atoms with Gasteiger partial charge in [-0.05, 0) is 38.0 Å². The van der Waals surface area contributed by atoms with Crippen molar-refractivity contribution in [1.82, 2.24) is 10.6 Å². The number of hydrogen-bond donors (Lipinski definition) is 2. The Balaban J connectivity index is 2.84. The number of methoxy groups -OCH3 is 1. The minimum atomic E-state index is 0.210. The summed E-state index contributed by atoms with van der Waals surface area (Å²) in [4.78, 5) is 4.61. The quantitative estimate of drug-likeness (QED) is 0.439. The third-order valence-corrected chi connectivity index (χ3v) is 3.30. The molecule has 1 aromatic carbocycles. The summed E-state index contributed by atoms with van der Waals surface area (Å²) in [5.41, 5.74) is 1.03. The maximum absolute atomic E-state index is 5.51. The van der Waals surface area contributed by atoms with Crippen molar-refractivity contribution in [3.63, 3.8) is 0 Å². The fraction of sp³-hybridized carbons (Fsp3) is 0.500. The lowest BCUT2D eigenvalue weighted by Gasteiger charge is -2.16. The van der Waals surface area contributed by atoms with Crippen LogP contribution in [0.15, 0.2) is 23.2 Å². The van der Waals surface area contributed by atoms with Gasteiger partial charge in [-0.25, -0.2) is 4.99 Å². The highest BCUT2D eigenvalue weighted by Gasteiger charge is 2.06. The van der Waals surface area contributed by atoms with Crippen LogP contribution in [0, 0.1) is 12.3 Å². The van der Waals surface area contributed by atoms with Gasteiger partial charge < -0.3 is 20.1 Å². The van der Waals surface area contributed by atoms with Crippen LogP contribution in [0.4, 0.5) is 0 Å². The van der Waals surface area contributed by atoms with Gasteiger partial charge in [-0.1, -0.05) is 18.9 Å². The van der Waals surface area contributed by atoms with Gasteiger partial charge in [-0.3, -0.25) is 0 Å². The van der Waals surface area contributed by atoms with E-state index in [0.29, 0.717) is 24.1 Å². The number of nitrogens with one attached hydrogen (secondary N) is 2. The summed E-state index contributed by atoms with van der Waals surface area (Å²) < 4.78 is 10.8. The molecule has 0 bridgehead atoms. The molecule has 1 rings (SSSR count). The van der Waals surface area contributed by atoms with Crippen LogP contribution in [0.25, 0.3) is 0 Å². The van der Waals surface area contributed by atoms with Crippen LogP contribution >= 0.6 is 0 Å². The molecule has 0 radical (unpaired) electrons. The van der Waals surface area contributed by atoms with Gasteiger partial charge in [-0.15, -0.1) is 6.42 Å². The van der Waals surface area contributed by atoms with E-state index >= 15 is 0 Å². The SMILES string of the molecule is C#CCOc1cc(CN=C(NCC)NC(C)CC)ccc1OC. The molecule has 2 N–H and O–H groups in total. The van der Waals surface area contributed by atoms with E-state index in [9.17, 15) is 0 Å². The molecule has 23 heavy (non-hydrogen) atoms. The van der Waals surface area contributed by atoms with E-state index in [0.717, 1.165) is 24.5 Å². The number of nitrogens with zero attached hydrogens (tertiary/aromatic N) is 1. The Morgan fingerprint density at radius 2 is 2.13 bits per heavy atom. The highest BCUT2D eigenvalue weighted by atomic mass is 16.5. The van der Waals surface area contributed by atoms with Crippen molar-refractivity contribution in [2.45, 2.75) is 39.8 Å². The second-order valence-electron chi connectivity index (χ2n) is 5.13. The van der Waals surface area contributed by atoms with E-state index in [-0.39, 0.29) is 6.61 Å². The zero-order chi connectivity index (χ0) is 17.1. The molecule has 1 aromatic rings. The number of benzene rings is 1. The summed E-state index contributed by atoms with van der Waals surface area (Å²) >= 11 is 0. The largest absolute Gasteiger partial charge is 0.493 e. The molecule has 0 aliphatic carbocycles. The van der Waals surface area contributed by atoms with E-state index in [1.807, 2.05) is 25.1 Å².